The molecule has 2 aromatic carbocycles. The minimum absolute atomic E-state index is 0.120. The third-order valence-electron chi connectivity index (χ3n) is 5.26. The molecule has 0 spiro atoms. The number of aryl methyl sites for hydroxylation is 1. The minimum Gasteiger partial charge on any atom is -0.477 e. The second-order valence-electron chi connectivity index (χ2n) is 7.46. The van der Waals surface area contributed by atoms with Crippen LogP contribution in [-0.2, 0) is 16.1 Å². The monoisotopic (exact) mass is 423 g/mol. The first-order chi connectivity index (χ1) is 15.1. The van der Waals surface area contributed by atoms with Crippen LogP contribution in [0, 0.1) is 0 Å². The standard InChI is InChI=1S/C23H25N3O5/c1-2-13-24-22(28)20-15-26(17-9-4-5-10-18(17)30-20)21(27)12-7-14-25-16-8-3-6-11-19(16)31-23(25)29/h3-6,8-11,20H,2,7,12-15H2,1H3,(H,24,28)/t20-/m1/s1. The molecule has 162 valence electrons. The molecule has 0 bridgehead atoms. The lowest BCUT2D eigenvalue weighted by atomic mass is 10.1. The molecule has 1 N–H and O–H groups in total. The molecule has 8 nitrogen and oxygen atoms in total. The highest BCUT2D eigenvalue weighted by Gasteiger charge is 2.33. The summed E-state index contributed by atoms with van der Waals surface area (Å²) in [6.07, 6.45) is 0.753. The molecule has 0 radical (unpaired) electrons. The van der Waals surface area contributed by atoms with E-state index in [4.69, 9.17) is 9.15 Å². The zero-order chi connectivity index (χ0) is 21.8. The van der Waals surface area contributed by atoms with E-state index in [2.05, 4.69) is 5.32 Å². The van der Waals surface area contributed by atoms with Crippen molar-refractivity contribution in [1.29, 1.82) is 0 Å². The fraction of sp³-hybridized carbons (Fsp3) is 0.348. The molecule has 1 aromatic heterocycles. The van der Waals surface area contributed by atoms with Crippen LogP contribution in [0.25, 0.3) is 11.1 Å². The molecule has 8 heteroatoms. The molecule has 1 atom stereocenters. The molecule has 0 saturated carbocycles. The first kappa shape index (κ1) is 20.7. The topological polar surface area (TPSA) is 93.8 Å². The van der Waals surface area contributed by atoms with Gasteiger partial charge in [0, 0.05) is 19.5 Å². The number of aromatic nitrogens is 1. The number of anilines is 1. The van der Waals surface area contributed by atoms with E-state index in [0.717, 1.165) is 6.42 Å². The van der Waals surface area contributed by atoms with Crippen molar-refractivity contribution < 1.29 is 18.7 Å². The van der Waals surface area contributed by atoms with Gasteiger partial charge in [0.25, 0.3) is 5.91 Å². The summed E-state index contributed by atoms with van der Waals surface area (Å²) in [5.41, 5.74) is 1.89. The minimum atomic E-state index is -0.758. The van der Waals surface area contributed by atoms with Crippen LogP contribution in [0.2, 0.25) is 0 Å². The Bertz CT molecular complexity index is 1150. The maximum absolute atomic E-state index is 13.0. The summed E-state index contributed by atoms with van der Waals surface area (Å²) in [6, 6.07) is 14.4. The second kappa shape index (κ2) is 9.07. The molecule has 2 heterocycles. The lowest BCUT2D eigenvalue weighted by Gasteiger charge is -2.34. The molecule has 2 amide bonds. The number of amides is 2. The van der Waals surface area contributed by atoms with E-state index in [0.29, 0.717) is 42.0 Å². The fourth-order valence-electron chi connectivity index (χ4n) is 3.72. The normalized spacial score (nSPS) is 15.4. The molecular formula is C23H25N3O5. The number of hydrogen-bond acceptors (Lipinski definition) is 5. The zero-order valence-electron chi connectivity index (χ0n) is 17.4. The smallest absolute Gasteiger partial charge is 0.419 e. The highest BCUT2D eigenvalue weighted by Crippen LogP contribution is 2.33. The number of oxazole rings is 1. The molecule has 3 aromatic rings. The van der Waals surface area contributed by atoms with Crippen molar-refractivity contribution in [3.63, 3.8) is 0 Å². The van der Waals surface area contributed by atoms with Gasteiger partial charge in [-0.25, -0.2) is 4.79 Å². The second-order valence-corrected chi connectivity index (χ2v) is 7.46. The summed E-state index contributed by atoms with van der Waals surface area (Å²) in [6.45, 7) is 3.05. The van der Waals surface area contributed by atoms with E-state index in [-0.39, 0.29) is 24.8 Å². The molecular weight excluding hydrogens is 398 g/mol. The number of carbonyl (C=O) groups is 2. The van der Waals surface area contributed by atoms with Crippen LogP contribution in [0.15, 0.2) is 57.7 Å². The van der Waals surface area contributed by atoms with Crippen molar-refractivity contribution in [3.8, 4) is 5.75 Å². The van der Waals surface area contributed by atoms with E-state index in [9.17, 15) is 14.4 Å². The number of carbonyl (C=O) groups excluding carboxylic acids is 2. The number of ether oxygens (including phenoxy) is 1. The van der Waals surface area contributed by atoms with Gasteiger partial charge in [-0.1, -0.05) is 31.2 Å². The molecule has 4 rings (SSSR count). The first-order valence-corrected chi connectivity index (χ1v) is 10.5. The van der Waals surface area contributed by atoms with Crippen LogP contribution in [0.3, 0.4) is 0 Å². The van der Waals surface area contributed by atoms with Gasteiger partial charge >= 0.3 is 5.76 Å². The summed E-state index contributed by atoms with van der Waals surface area (Å²) in [4.78, 5) is 39.2. The highest BCUT2D eigenvalue weighted by molar-refractivity contribution is 5.97. The number of para-hydroxylation sites is 4. The van der Waals surface area contributed by atoms with Gasteiger partial charge in [-0.2, -0.15) is 0 Å². The van der Waals surface area contributed by atoms with Crippen LogP contribution in [0.4, 0.5) is 5.69 Å². The van der Waals surface area contributed by atoms with E-state index >= 15 is 0 Å². The fourth-order valence-corrected chi connectivity index (χ4v) is 3.72. The molecule has 0 saturated heterocycles. The predicted octanol–water partition coefficient (Wildman–Crippen LogP) is 2.70. The van der Waals surface area contributed by atoms with Gasteiger partial charge in [-0.3, -0.25) is 14.2 Å². The summed E-state index contributed by atoms with van der Waals surface area (Å²) in [7, 11) is 0. The Kier molecular flexibility index (Phi) is 6.06. The zero-order valence-corrected chi connectivity index (χ0v) is 17.4. The van der Waals surface area contributed by atoms with Gasteiger partial charge in [0.05, 0.1) is 17.7 Å². The summed E-state index contributed by atoms with van der Waals surface area (Å²) < 4.78 is 12.6. The van der Waals surface area contributed by atoms with Crippen molar-refractivity contribution in [2.75, 3.05) is 18.0 Å². The summed E-state index contributed by atoms with van der Waals surface area (Å²) in [5.74, 6) is -0.274. The lowest BCUT2D eigenvalue weighted by Crippen LogP contribution is -2.50. The number of rotatable bonds is 7. The van der Waals surface area contributed by atoms with Gasteiger partial charge in [0.15, 0.2) is 11.7 Å². The Balaban J connectivity index is 1.46. The van der Waals surface area contributed by atoms with Gasteiger partial charge in [-0.05, 0) is 37.1 Å². The molecule has 0 unspecified atom stereocenters. The van der Waals surface area contributed by atoms with E-state index in [1.165, 1.54) is 4.57 Å². The Morgan fingerprint density at radius 3 is 2.74 bits per heavy atom. The van der Waals surface area contributed by atoms with Gasteiger partial charge in [0.2, 0.25) is 5.91 Å². The number of hydrogen-bond donors (Lipinski definition) is 1. The maximum Gasteiger partial charge on any atom is 0.419 e. The van der Waals surface area contributed by atoms with Crippen LogP contribution in [-0.4, -0.2) is 35.6 Å². The van der Waals surface area contributed by atoms with Crippen LogP contribution < -0.4 is 20.7 Å². The molecule has 1 aliphatic heterocycles. The largest absolute Gasteiger partial charge is 0.477 e. The summed E-state index contributed by atoms with van der Waals surface area (Å²) >= 11 is 0. The molecule has 1 aliphatic rings. The van der Waals surface area contributed by atoms with Crippen molar-refractivity contribution in [2.45, 2.75) is 38.8 Å². The lowest BCUT2D eigenvalue weighted by molar-refractivity contribution is -0.128. The van der Waals surface area contributed by atoms with Gasteiger partial charge in [0.1, 0.15) is 5.75 Å². The maximum atomic E-state index is 13.0. The van der Waals surface area contributed by atoms with Crippen molar-refractivity contribution in [1.82, 2.24) is 9.88 Å². The molecule has 31 heavy (non-hydrogen) atoms. The Morgan fingerprint density at radius 1 is 1.13 bits per heavy atom. The number of nitrogens with one attached hydrogen (secondary N) is 1. The predicted molar refractivity (Wildman–Crippen MR) is 116 cm³/mol. The van der Waals surface area contributed by atoms with Crippen molar-refractivity contribution in [3.05, 3.63) is 59.1 Å². The average molecular weight is 423 g/mol. The van der Waals surface area contributed by atoms with Crippen molar-refractivity contribution >= 4 is 28.6 Å². The van der Waals surface area contributed by atoms with Crippen LogP contribution in [0.5, 0.6) is 5.75 Å². The Hall–Kier alpha value is -3.55. The van der Waals surface area contributed by atoms with E-state index < -0.39 is 11.9 Å². The van der Waals surface area contributed by atoms with E-state index in [1.54, 1.807) is 17.0 Å². The Labute approximate surface area is 179 Å². The third kappa shape index (κ3) is 4.33. The molecule has 0 fully saturated rings. The van der Waals surface area contributed by atoms with Crippen LogP contribution in [0.1, 0.15) is 26.2 Å². The van der Waals surface area contributed by atoms with Crippen LogP contribution >= 0.6 is 0 Å². The average Bonchev–Trinajstić information content (AvgIpc) is 3.11. The van der Waals surface area contributed by atoms with Gasteiger partial charge < -0.3 is 19.4 Å². The number of nitrogens with zero attached hydrogens (tertiary/aromatic N) is 2. The first-order valence-electron chi connectivity index (χ1n) is 10.5. The number of fused-ring (bicyclic) bond motifs is 2. The SMILES string of the molecule is CCCNC(=O)[C@H]1CN(C(=O)CCCn2c(=O)oc3ccccc32)c2ccccc2O1. The Morgan fingerprint density at radius 2 is 1.90 bits per heavy atom. The highest BCUT2D eigenvalue weighted by atomic mass is 16.5. The molecule has 0 aliphatic carbocycles. The third-order valence-corrected chi connectivity index (χ3v) is 5.26. The summed E-state index contributed by atoms with van der Waals surface area (Å²) in [5, 5.41) is 2.83. The number of benzene rings is 2. The van der Waals surface area contributed by atoms with Gasteiger partial charge in [-0.15, -0.1) is 0 Å². The van der Waals surface area contributed by atoms with Crippen molar-refractivity contribution in [2.24, 2.45) is 0 Å². The van der Waals surface area contributed by atoms with E-state index in [1.807, 2.05) is 43.3 Å². The quantitative estimate of drug-likeness (QED) is 0.631.